The van der Waals surface area contributed by atoms with E-state index < -0.39 is 10.0 Å². The van der Waals surface area contributed by atoms with Gasteiger partial charge in [-0.2, -0.15) is 4.31 Å². The van der Waals surface area contributed by atoms with E-state index in [-0.39, 0.29) is 0 Å². The topological polar surface area (TPSA) is 53.5 Å². The molecule has 1 aromatic heterocycles. The van der Waals surface area contributed by atoms with Crippen molar-refractivity contribution in [2.45, 2.75) is 50.8 Å². The van der Waals surface area contributed by atoms with Gasteiger partial charge in [0.25, 0.3) is 0 Å². The molecule has 0 saturated carbocycles. The molecule has 0 bridgehead atoms. The summed E-state index contributed by atoms with van der Waals surface area (Å²) >= 11 is 0. The Morgan fingerprint density at radius 1 is 1.04 bits per heavy atom. The molecule has 0 N–H and O–H groups in total. The fraction of sp³-hybridized carbons (Fsp3) is 0.706. The Morgan fingerprint density at radius 2 is 1.78 bits per heavy atom. The number of rotatable bonds is 3. The molecule has 0 aliphatic carbocycles. The van der Waals surface area contributed by atoms with Crippen molar-refractivity contribution in [2.24, 2.45) is 5.41 Å². The molecular formula is C17H27N3O2S. The van der Waals surface area contributed by atoms with Crippen LogP contribution in [0.15, 0.2) is 23.2 Å². The van der Waals surface area contributed by atoms with Crippen LogP contribution in [0.1, 0.15) is 46.0 Å². The maximum Gasteiger partial charge on any atom is 0.244 e. The average molecular weight is 337 g/mol. The van der Waals surface area contributed by atoms with Gasteiger partial charge in [-0.25, -0.2) is 13.4 Å². The van der Waals surface area contributed by atoms with E-state index >= 15 is 0 Å². The Kier molecular flexibility index (Phi) is 4.65. The highest BCUT2D eigenvalue weighted by Gasteiger charge is 2.29. The third-order valence-electron chi connectivity index (χ3n) is 4.90. The monoisotopic (exact) mass is 337 g/mol. The minimum Gasteiger partial charge on any atom is -0.356 e. The normalized spacial score (nSPS) is 23.0. The molecule has 0 atom stereocenters. The molecule has 2 fully saturated rings. The van der Waals surface area contributed by atoms with E-state index in [0.717, 1.165) is 44.6 Å². The van der Waals surface area contributed by atoms with E-state index in [2.05, 4.69) is 23.7 Å². The summed E-state index contributed by atoms with van der Waals surface area (Å²) in [6, 6.07) is 3.58. The summed E-state index contributed by atoms with van der Waals surface area (Å²) in [4.78, 5) is 7.03. The summed E-state index contributed by atoms with van der Waals surface area (Å²) in [5.74, 6) is 0.885. The van der Waals surface area contributed by atoms with Crippen LogP contribution in [0, 0.1) is 5.41 Å². The molecule has 2 aliphatic rings. The second-order valence-corrected chi connectivity index (χ2v) is 9.44. The van der Waals surface area contributed by atoms with E-state index in [9.17, 15) is 8.42 Å². The van der Waals surface area contributed by atoms with Crippen LogP contribution in [-0.4, -0.2) is 43.9 Å². The molecule has 6 heteroatoms. The van der Waals surface area contributed by atoms with Crippen molar-refractivity contribution >= 4 is 15.8 Å². The predicted molar refractivity (Wildman–Crippen MR) is 92.1 cm³/mol. The molecule has 0 radical (unpaired) electrons. The summed E-state index contributed by atoms with van der Waals surface area (Å²) in [7, 11) is -3.38. The second-order valence-electron chi connectivity index (χ2n) is 7.51. The van der Waals surface area contributed by atoms with E-state index in [1.54, 1.807) is 10.4 Å². The van der Waals surface area contributed by atoms with Gasteiger partial charge in [0.05, 0.1) is 0 Å². The van der Waals surface area contributed by atoms with Crippen LogP contribution in [0.25, 0.3) is 0 Å². The molecule has 0 aromatic carbocycles. The van der Waals surface area contributed by atoms with Gasteiger partial charge in [-0.1, -0.05) is 20.3 Å². The minimum atomic E-state index is -3.38. The predicted octanol–water partition coefficient (Wildman–Crippen LogP) is 2.88. The maximum absolute atomic E-state index is 12.7. The smallest absolute Gasteiger partial charge is 0.244 e. The van der Waals surface area contributed by atoms with Gasteiger partial charge in [0, 0.05) is 32.4 Å². The first-order valence-electron chi connectivity index (χ1n) is 8.60. The van der Waals surface area contributed by atoms with Crippen molar-refractivity contribution < 1.29 is 8.42 Å². The molecule has 2 aliphatic heterocycles. The summed E-state index contributed by atoms with van der Waals surface area (Å²) in [5.41, 5.74) is 0.290. The average Bonchev–Trinajstić information content (AvgIpc) is 2.55. The van der Waals surface area contributed by atoms with Gasteiger partial charge in [0.2, 0.25) is 10.0 Å². The van der Waals surface area contributed by atoms with Gasteiger partial charge >= 0.3 is 0 Å². The van der Waals surface area contributed by atoms with Crippen LogP contribution in [0.3, 0.4) is 0 Å². The van der Waals surface area contributed by atoms with Crippen molar-refractivity contribution in [3.8, 4) is 0 Å². The Bertz CT molecular complexity index is 634. The van der Waals surface area contributed by atoms with Crippen LogP contribution < -0.4 is 4.90 Å². The van der Waals surface area contributed by atoms with Crippen LogP contribution in [0.4, 0.5) is 5.82 Å². The zero-order valence-corrected chi connectivity index (χ0v) is 15.0. The first-order valence-corrected chi connectivity index (χ1v) is 10.0. The maximum atomic E-state index is 12.7. The van der Waals surface area contributed by atoms with E-state index in [1.165, 1.54) is 12.6 Å². The molecule has 0 unspecified atom stereocenters. The van der Waals surface area contributed by atoms with E-state index in [1.807, 2.05) is 6.07 Å². The second kappa shape index (κ2) is 6.40. The van der Waals surface area contributed by atoms with Crippen molar-refractivity contribution in [1.82, 2.24) is 9.29 Å². The highest BCUT2D eigenvalue weighted by molar-refractivity contribution is 7.89. The Hall–Kier alpha value is -1.14. The Morgan fingerprint density at radius 3 is 2.39 bits per heavy atom. The summed E-state index contributed by atoms with van der Waals surface area (Å²) < 4.78 is 26.9. The third kappa shape index (κ3) is 3.69. The number of anilines is 1. The lowest BCUT2D eigenvalue weighted by Gasteiger charge is -2.38. The molecule has 0 spiro atoms. The van der Waals surface area contributed by atoms with Crippen molar-refractivity contribution in [3.63, 3.8) is 0 Å². The highest BCUT2D eigenvalue weighted by Crippen LogP contribution is 2.31. The SMILES string of the molecule is CC1(C)CCCN(c2ccc(S(=O)(=O)N3CCCCC3)cn2)C1. The lowest BCUT2D eigenvalue weighted by molar-refractivity contribution is 0.292. The summed E-state index contributed by atoms with van der Waals surface area (Å²) in [6.45, 7) is 7.77. The van der Waals surface area contributed by atoms with Crippen molar-refractivity contribution in [1.29, 1.82) is 0 Å². The highest BCUT2D eigenvalue weighted by atomic mass is 32.2. The number of hydrogen-bond donors (Lipinski definition) is 0. The van der Waals surface area contributed by atoms with Crippen LogP contribution in [-0.2, 0) is 10.0 Å². The minimum absolute atomic E-state index is 0.290. The molecule has 3 heterocycles. The van der Waals surface area contributed by atoms with Gasteiger partial charge < -0.3 is 4.90 Å². The summed E-state index contributed by atoms with van der Waals surface area (Å²) in [6.07, 6.45) is 6.93. The zero-order chi connectivity index (χ0) is 16.5. The molecule has 23 heavy (non-hydrogen) atoms. The van der Waals surface area contributed by atoms with Crippen LogP contribution in [0.5, 0.6) is 0 Å². The van der Waals surface area contributed by atoms with Crippen molar-refractivity contribution in [2.75, 3.05) is 31.1 Å². The Balaban J connectivity index is 1.76. The van der Waals surface area contributed by atoms with Gasteiger partial charge in [0.1, 0.15) is 10.7 Å². The van der Waals surface area contributed by atoms with Crippen LogP contribution in [0.2, 0.25) is 0 Å². The number of aromatic nitrogens is 1. The van der Waals surface area contributed by atoms with E-state index in [0.29, 0.717) is 23.4 Å². The first kappa shape index (κ1) is 16.7. The van der Waals surface area contributed by atoms with Crippen LogP contribution >= 0.6 is 0 Å². The quantitative estimate of drug-likeness (QED) is 0.851. The lowest BCUT2D eigenvalue weighted by Crippen LogP contribution is -2.40. The molecule has 1 aromatic rings. The van der Waals surface area contributed by atoms with Gasteiger partial charge in [-0.05, 0) is 43.2 Å². The van der Waals surface area contributed by atoms with Gasteiger partial charge in [-0.3, -0.25) is 0 Å². The lowest BCUT2D eigenvalue weighted by atomic mass is 9.84. The standard InChI is InChI=1S/C17H27N3O2S/c1-17(2)9-6-10-19(14-17)16-8-7-15(13-18-16)23(21,22)20-11-4-3-5-12-20/h7-8,13H,3-6,9-12,14H2,1-2H3. The zero-order valence-electron chi connectivity index (χ0n) is 14.2. The van der Waals surface area contributed by atoms with Gasteiger partial charge in [-0.15, -0.1) is 0 Å². The fourth-order valence-electron chi connectivity index (χ4n) is 3.59. The largest absolute Gasteiger partial charge is 0.356 e. The third-order valence-corrected chi connectivity index (χ3v) is 6.78. The summed E-state index contributed by atoms with van der Waals surface area (Å²) in [5, 5.41) is 0. The first-order chi connectivity index (χ1) is 10.9. The molecule has 128 valence electrons. The van der Waals surface area contributed by atoms with Crippen molar-refractivity contribution in [3.05, 3.63) is 18.3 Å². The van der Waals surface area contributed by atoms with Gasteiger partial charge in [0.15, 0.2) is 0 Å². The molecule has 3 rings (SSSR count). The Labute approximate surface area is 139 Å². The number of piperidine rings is 2. The number of sulfonamides is 1. The molecule has 2 saturated heterocycles. The molecule has 0 amide bonds. The number of nitrogens with zero attached hydrogens (tertiary/aromatic N) is 3. The number of hydrogen-bond acceptors (Lipinski definition) is 4. The fourth-order valence-corrected chi connectivity index (χ4v) is 5.05. The molecular weight excluding hydrogens is 310 g/mol. The van der Waals surface area contributed by atoms with E-state index in [4.69, 9.17) is 0 Å². The number of pyridine rings is 1. The molecule has 5 nitrogen and oxygen atoms in total.